The number of hydrogen-bond donors (Lipinski definition) is 2. The molecule has 0 aliphatic heterocycles. The number of rotatable bonds is 6. The van der Waals surface area contributed by atoms with Gasteiger partial charge in [0, 0.05) is 17.7 Å². The molecule has 0 saturated carbocycles. The minimum absolute atomic E-state index is 0.101. The number of phenolic OH excluding ortho intramolecular Hbond substituents is 1. The number of benzene rings is 2. The van der Waals surface area contributed by atoms with Crippen LogP contribution in [0.5, 0.6) is 11.5 Å². The Kier molecular flexibility index (Phi) is 5.02. The maximum Gasteiger partial charge on any atom is 0.124 e. The molecule has 0 aliphatic rings. The normalized spacial score (nSPS) is 12.1. The van der Waals surface area contributed by atoms with Crippen LogP contribution in [-0.2, 0) is 6.42 Å². The van der Waals surface area contributed by atoms with Crippen molar-refractivity contribution >= 4 is 0 Å². The predicted molar refractivity (Wildman–Crippen MR) is 81.2 cm³/mol. The van der Waals surface area contributed by atoms with Crippen LogP contribution >= 0.6 is 0 Å². The Morgan fingerprint density at radius 2 is 1.90 bits per heavy atom. The van der Waals surface area contributed by atoms with Crippen LogP contribution in [0.2, 0.25) is 0 Å². The Morgan fingerprint density at radius 3 is 2.55 bits per heavy atom. The van der Waals surface area contributed by atoms with E-state index in [0.717, 1.165) is 18.5 Å². The van der Waals surface area contributed by atoms with Crippen LogP contribution < -0.4 is 10.1 Å². The standard InChI is InChI=1S/C17H21NO2/c1-13(16-9-8-15(20-2)12-17(16)19)18-11-10-14-6-4-3-5-7-14/h3-9,12-13,18-19H,10-11H2,1-2H3. The van der Waals surface area contributed by atoms with Gasteiger partial charge in [-0.1, -0.05) is 36.4 Å². The summed E-state index contributed by atoms with van der Waals surface area (Å²) in [5, 5.41) is 13.4. The summed E-state index contributed by atoms with van der Waals surface area (Å²) in [4.78, 5) is 0. The highest BCUT2D eigenvalue weighted by Gasteiger charge is 2.10. The lowest BCUT2D eigenvalue weighted by Gasteiger charge is -2.16. The van der Waals surface area contributed by atoms with Crippen LogP contribution in [-0.4, -0.2) is 18.8 Å². The average molecular weight is 271 g/mol. The van der Waals surface area contributed by atoms with Crippen molar-refractivity contribution in [3.63, 3.8) is 0 Å². The summed E-state index contributed by atoms with van der Waals surface area (Å²) in [6.07, 6.45) is 0.974. The molecule has 0 bridgehead atoms. The zero-order valence-electron chi connectivity index (χ0n) is 12.0. The maximum absolute atomic E-state index is 9.99. The van der Waals surface area contributed by atoms with Gasteiger partial charge in [-0.2, -0.15) is 0 Å². The van der Waals surface area contributed by atoms with Gasteiger partial charge in [-0.15, -0.1) is 0 Å². The third-order valence-electron chi connectivity index (χ3n) is 3.41. The lowest BCUT2D eigenvalue weighted by molar-refractivity contribution is 0.404. The number of methoxy groups -OCH3 is 1. The summed E-state index contributed by atoms with van der Waals surface area (Å²) in [6, 6.07) is 15.9. The van der Waals surface area contributed by atoms with E-state index in [1.54, 1.807) is 13.2 Å². The molecule has 0 spiro atoms. The molecule has 2 aromatic carbocycles. The van der Waals surface area contributed by atoms with Gasteiger partial charge in [0.25, 0.3) is 0 Å². The van der Waals surface area contributed by atoms with Gasteiger partial charge in [0.1, 0.15) is 11.5 Å². The molecule has 1 atom stereocenters. The SMILES string of the molecule is COc1ccc(C(C)NCCc2ccccc2)c(O)c1. The van der Waals surface area contributed by atoms with Crippen LogP contribution in [0.1, 0.15) is 24.1 Å². The van der Waals surface area contributed by atoms with Crippen molar-refractivity contribution in [2.45, 2.75) is 19.4 Å². The molecule has 0 aliphatic carbocycles. The minimum Gasteiger partial charge on any atom is -0.507 e. The molecule has 3 heteroatoms. The smallest absolute Gasteiger partial charge is 0.124 e. The van der Waals surface area contributed by atoms with Crippen molar-refractivity contribution in [1.29, 1.82) is 0 Å². The molecule has 1 unspecified atom stereocenters. The van der Waals surface area contributed by atoms with E-state index in [1.165, 1.54) is 5.56 Å². The first kappa shape index (κ1) is 14.4. The second kappa shape index (κ2) is 6.96. The first-order chi connectivity index (χ1) is 9.70. The highest BCUT2D eigenvalue weighted by Crippen LogP contribution is 2.28. The minimum atomic E-state index is 0.101. The molecule has 0 aromatic heterocycles. The van der Waals surface area contributed by atoms with E-state index >= 15 is 0 Å². The molecule has 3 nitrogen and oxygen atoms in total. The third-order valence-corrected chi connectivity index (χ3v) is 3.41. The summed E-state index contributed by atoms with van der Waals surface area (Å²) in [6.45, 7) is 2.92. The Balaban J connectivity index is 1.90. The highest BCUT2D eigenvalue weighted by atomic mass is 16.5. The summed E-state index contributed by atoms with van der Waals surface area (Å²) >= 11 is 0. The van der Waals surface area contributed by atoms with Gasteiger partial charge in [-0.25, -0.2) is 0 Å². The molecule has 0 saturated heterocycles. The van der Waals surface area contributed by atoms with Gasteiger partial charge in [-0.05, 0) is 31.5 Å². The Morgan fingerprint density at radius 1 is 1.15 bits per heavy atom. The van der Waals surface area contributed by atoms with Crippen molar-refractivity contribution in [1.82, 2.24) is 5.32 Å². The number of aromatic hydroxyl groups is 1. The Bertz CT molecular complexity index is 540. The van der Waals surface area contributed by atoms with Gasteiger partial charge in [0.15, 0.2) is 0 Å². The van der Waals surface area contributed by atoms with Crippen LogP contribution in [0.15, 0.2) is 48.5 Å². The number of phenols is 1. The fourth-order valence-corrected chi connectivity index (χ4v) is 2.20. The van der Waals surface area contributed by atoms with E-state index in [4.69, 9.17) is 4.74 Å². The van der Waals surface area contributed by atoms with Crippen molar-refractivity contribution in [2.75, 3.05) is 13.7 Å². The van der Waals surface area contributed by atoms with Gasteiger partial charge in [0.2, 0.25) is 0 Å². The Hall–Kier alpha value is -2.00. The second-order valence-corrected chi connectivity index (χ2v) is 4.84. The monoisotopic (exact) mass is 271 g/mol. The molecule has 0 radical (unpaired) electrons. The quantitative estimate of drug-likeness (QED) is 0.847. The molecule has 106 valence electrons. The molecule has 2 rings (SSSR count). The molecule has 0 fully saturated rings. The van der Waals surface area contributed by atoms with E-state index in [-0.39, 0.29) is 11.8 Å². The molecule has 2 N–H and O–H groups in total. The lowest BCUT2D eigenvalue weighted by Crippen LogP contribution is -2.21. The van der Waals surface area contributed by atoms with Crippen molar-refractivity contribution in [3.05, 3.63) is 59.7 Å². The Labute approximate surface area is 120 Å². The first-order valence-electron chi connectivity index (χ1n) is 6.85. The first-order valence-corrected chi connectivity index (χ1v) is 6.85. The van der Waals surface area contributed by atoms with E-state index in [0.29, 0.717) is 5.75 Å². The van der Waals surface area contributed by atoms with E-state index in [9.17, 15) is 5.11 Å². The zero-order valence-corrected chi connectivity index (χ0v) is 12.0. The molecule has 20 heavy (non-hydrogen) atoms. The summed E-state index contributed by atoms with van der Waals surface area (Å²) in [7, 11) is 1.59. The fraction of sp³-hybridized carbons (Fsp3) is 0.294. The van der Waals surface area contributed by atoms with Gasteiger partial charge in [-0.3, -0.25) is 0 Å². The topological polar surface area (TPSA) is 41.5 Å². The molecule has 0 amide bonds. The van der Waals surface area contributed by atoms with Crippen LogP contribution in [0.25, 0.3) is 0 Å². The number of hydrogen-bond acceptors (Lipinski definition) is 3. The molecule has 2 aromatic rings. The number of ether oxygens (including phenoxy) is 1. The lowest BCUT2D eigenvalue weighted by atomic mass is 10.1. The fourth-order valence-electron chi connectivity index (χ4n) is 2.20. The van der Waals surface area contributed by atoms with E-state index in [1.807, 2.05) is 37.3 Å². The van der Waals surface area contributed by atoms with E-state index in [2.05, 4.69) is 17.4 Å². The van der Waals surface area contributed by atoms with Gasteiger partial charge >= 0.3 is 0 Å². The zero-order chi connectivity index (χ0) is 14.4. The van der Waals surface area contributed by atoms with Gasteiger partial charge < -0.3 is 15.2 Å². The summed E-state index contributed by atoms with van der Waals surface area (Å²) < 4.78 is 5.09. The molecule has 0 heterocycles. The van der Waals surface area contributed by atoms with Crippen molar-refractivity contribution in [2.24, 2.45) is 0 Å². The summed E-state index contributed by atoms with van der Waals surface area (Å²) in [5.41, 5.74) is 2.20. The van der Waals surface area contributed by atoms with E-state index < -0.39 is 0 Å². The van der Waals surface area contributed by atoms with Crippen LogP contribution in [0.3, 0.4) is 0 Å². The summed E-state index contributed by atoms with van der Waals surface area (Å²) in [5.74, 6) is 0.937. The number of nitrogens with one attached hydrogen (secondary N) is 1. The maximum atomic E-state index is 9.99. The molecular formula is C17H21NO2. The highest BCUT2D eigenvalue weighted by molar-refractivity contribution is 5.41. The van der Waals surface area contributed by atoms with Crippen molar-refractivity contribution < 1.29 is 9.84 Å². The average Bonchev–Trinajstić information content (AvgIpc) is 2.48. The third kappa shape index (κ3) is 3.75. The van der Waals surface area contributed by atoms with Gasteiger partial charge in [0.05, 0.1) is 7.11 Å². The second-order valence-electron chi connectivity index (χ2n) is 4.84. The van der Waals surface area contributed by atoms with Crippen LogP contribution in [0, 0.1) is 0 Å². The van der Waals surface area contributed by atoms with Crippen molar-refractivity contribution in [3.8, 4) is 11.5 Å². The molecular weight excluding hydrogens is 250 g/mol. The van der Waals surface area contributed by atoms with Crippen LogP contribution in [0.4, 0.5) is 0 Å². The largest absolute Gasteiger partial charge is 0.507 e. The predicted octanol–water partition coefficient (Wildman–Crippen LogP) is 3.29.